The van der Waals surface area contributed by atoms with Gasteiger partial charge < -0.3 is 14.9 Å². The van der Waals surface area contributed by atoms with Crippen LogP contribution >= 0.6 is 23.2 Å². The van der Waals surface area contributed by atoms with Crippen LogP contribution < -0.4 is 10.2 Å². The largest absolute Gasteiger partial charge is 0.504 e. The van der Waals surface area contributed by atoms with Crippen LogP contribution in [-0.2, 0) is 4.79 Å². The van der Waals surface area contributed by atoms with Gasteiger partial charge in [0, 0.05) is 11.4 Å². The minimum Gasteiger partial charge on any atom is -0.504 e. The fourth-order valence-corrected chi connectivity index (χ4v) is 2.33. The van der Waals surface area contributed by atoms with Gasteiger partial charge in [-0.05, 0) is 48.4 Å². The number of aromatic hydroxyl groups is 2. The summed E-state index contributed by atoms with van der Waals surface area (Å²) < 4.78 is 5.48. The van der Waals surface area contributed by atoms with Crippen molar-refractivity contribution in [1.29, 1.82) is 0 Å². The maximum atomic E-state index is 11.7. The topological polar surface area (TPSA) is 91.2 Å². The van der Waals surface area contributed by atoms with Crippen LogP contribution in [0, 0.1) is 0 Å². The highest BCUT2D eigenvalue weighted by atomic mass is 35.5. The second kappa shape index (κ2) is 9.15. The summed E-state index contributed by atoms with van der Waals surface area (Å²) >= 11 is 11.8. The first kappa shape index (κ1) is 18.9. The zero-order valence-electron chi connectivity index (χ0n) is 13.1. The molecule has 1 amide bonds. The van der Waals surface area contributed by atoms with E-state index in [1.54, 1.807) is 24.3 Å². The average molecular weight is 383 g/mol. The molecule has 0 unspecified atom stereocenters. The van der Waals surface area contributed by atoms with E-state index in [-0.39, 0.29) is 23.8 Å². The van der Waals surface area contributed by atoms with Crippen molar-refractivity contribution in [3.8, 4) is 17.2 Å². The number of phenolic OH excluding ortho intramolecular Hbond substituents is 2. The molecule has 0 fully saturated rings. The molecule has 0 aliphatic heterocycles. The normalized spacial score (nSPS) is 10.8. The number of carbonyl (C=O) groups excluding carboxylic acids is 1. The number of hydrogen-bond acceptors (Lipinski definition) is 5. The van der Waals surface area contributed by atoms with Gasteiger partial charge in [0.15, 0.2) is 11.5 Å². The predicted molar refractivity (Wildman–Crippen MR) is 96.7 cm³/mol. The van der Waals surface area contributed by atoms with Gasteiger partial charge in [-0.15, -0.1) is 0 Å². The van der Waals surface area contributed by atoms with Crippen LogP contribution in [0.25, 0.3) is 0 Å². The van der Waals surface area contributed by atoms with Gasteiger partial charge in [-0.3, -0.25) is 4.79 Å². The van der Waals surface area contributed by atoms with Crippen molar-refractivity contribution in [2.45, 2.75) is 12.8 Å². The number of halogens is 2. The number of nitrogens with one attached hydrogen (secondary N) is 1. The van der Waals surface area contributed by atoms with Gasteiger partial charge in [0.1, 0.15) is 5.75 Å². The molecule has 0 spiro atoms. The van der Waals surface area contributed by atoms with Crippen molar-refractivity contribution in [1.82, 2.24) is 5.43 Å². The molecule has 2 rings (SSSR count). The fraction of sp³-hybridized carbons (Fsp3) is 0.176. The van der Waals surface area contributed by atoms with Crippen molar-refractivity contribution in [3.63, 3.8) is 0 Å². The van der Waals surface area contributed by atoms with Crippen LogP contribution in [0.5, 0.6) is 17.2 Å². The number of benzene rings is 2. The number of hydrazone groups is 1. The van der Waals surface area contributed by atoms with Crippen LogP contribution in [0.3, 0.4) is 0 Å². The van der Waals surface area contributed by atoms with Gasteiger partial charge in [0.25, 0.3) is 0 Å². The standard InChI is InChI=1S/C17H16Cl2N2O4/c18-12-4-6-16(13(19)9-12)25-7-1-2-17(24)21-20-10-11-3-5-14(22)15(23)8-11/h3-6,8-10,22-23H,1-2,7H2,(H,21,24)/b20-10+. The van der Waals surface area contributed by atoms with E-state index in [1.165, 1.54) is 18.3 Å². The molecule has 0 heterocycles. The van der Waals surface area contributed by atoms with Gasteiger partial charge in [0.2, 0.25) is 5.91 Å². The molecule has 0 atom stereocenters. The lowest BCUT2D eigenvalue weighted by atomic mass is 10.2. The first-order chi connectivity index (χ1) is 12.0. The molecule has 6 nitrogen and oxygen atoms in total. The average Bonchev–Trinajstić information content (AvgIpc) is 2.56. The molecule has 0 bridgehead atoms. The first-order valence-electron chi connectivity index (χ1n) is 7.37. The van der Waals surface area contributed by atoms with Crippen molar-refractivity contribution < 1.29 is 19.7 Å². The van der Waals surface area contributed by atoms with Crippen molar-refractivity contribution in [3.05, 3.63) is 52.0 Å². The van der Waals surface area contributed by atoms with Crippen LogP contribution in [0.4, 0.5) is 0 Å². The van der Waals surface area contributed by atoms with E-state index in [9.17, 15) is 15.0 Å². The molecule has 3 N–H and O–H groups in total. The SMILES string of the molecule is O=C(CCCOc1ccc(Cl)cc1Cl)N/N=C/c1ccc(O)c(O)c1. The number of rotatable bonds is 7. The number of amides is 1. The first-order valence-corrected chi connectivity index (χ1v) is 8.13. The van der Waals surface area contributed by atoms with E-state index in [2.05, 4.69) is 10.5 Å². The molecule has 0 aliphatic carbocycles. The van der Waals surface area contributed by atoms with Gasteiger partial charge in [0.05, 0.1) is 17.8 Å². The Hall–Kier alpha value is -2.44. The Morgan fingerprint density at radius 3 is 2.68 bits per heavy atom. The summed E-state index contributed by atoms with van der Waals surface area (Å²) in [5.41, 5.74) is 2.91. The Balaban J connectivity index is 1.70. The van der Waals surface area contributed by atoms with Crippen molar-refractivity contribution in [2.75, 3.05) is 6.61 Å². The highest BCUT2D eigenvalue weighted by Gasteiger charge is 2.04. The Kier molecular flexibility index (Phi) is 6.91. The highest BCUT2D eigenvalue weighted by Crippen LogP contribution is 2.27. The van der Waals surface area contributed by atoms with Crippen LogP contribution in [0.2, 0.25) is 10.0 Å². The third kappa shape index (κ3) is 6.17. The summed E-state index contributed by atoms with van der Waals surface area (Å²) in [6.07, 6.45) is 2.07. The van der Waals surface area contributed by atoms with Crippen molar-refractivity contribution in [2.24, 2.45) is 5.10 Å². The van der Waals surface area contributed by atoms with Gasteiger partial charge in [-0.1, -0.05) is 23.2 Å². The maximum Gasteiger partial charge on any atom is 0.240 e. The minimum absolute atomic E-state index is 0.220. The summed E-state index contributed by atoms with van der Waals surface area (Å²) in [5.74, 6) is -0.239. The van der Waals surface area contributed by atoms with Crippen molar-refractivity contribution >= 4 is 35.3 Å². The monoisotopic (exact) mass is 382 g/mol. The minimum atomic E-state index is -0.273. The van der Waals surface area contributed by atoms with E-state index in [1.807, 2.05) is 0 Å². The lowest BCUT2D eigenvalue weighted by molar-refractivity contribution is -0.121. The Morgan fingerprint density at radius 2 is 1.96 bits per heavy atom. The number of phenols is 2. The number of nitrogens with zero attached hydrogens (tertiary/aromatic N) is 1. The fourth-order valence-electron chi connectivity index (χ4n) is 1.86. The number of hydrogen-bond donors (Lipinski definition) is 3. The van der Waals surface area contributed by atoms with Crippen LogP contribution in [-0.4, -0.2) is 28.9 Å². The van der Waals surface area contributed by atoms with E-state index in [0.29, 0.717) is 34.4 Å². The molecule has 0 aliphatic rings. The highest BCUT2D eigenvalue weighted by molar-refractivity contribution is 6.35. The van der Waals surface area contributed by atoms with Gasteiger partial charge in [-0.2, -0.15) is 5.10 Å². The molecule has 25 heavy (non-hydrogen) atoms. The van der Waals surface area contributed by atoms with E-state index in [0.717, 1.165) is 0 Å². The Bertz CT molecular complexity index is 781. The van der Waals surface area contributed by atoms with E-state index in [4.69, 9.17) is 27.9 Å². The summed E-state index contributed by atoms with van der Waals surface area (Å²) in [6, 6.07) is 9.13. The molecule has 0 aromatic heterocycles. The molecule has 0 saturated heterocycles. The van der Waals surface area contributed by atoms with Gasteiger partial charge in [-0.25, -0.2) is 5.43 Å². The molecule has 132 valence electrons. The third-order valence-corrected chi connectivity index (χ3v) is 3.63. The summed E-state index contributed by atoms with van der Waals surface area (Å²) in [4.78, 5) is 11.7. The predicted octanol–water partition coefficient (Wildman–Crippen LogP) is 3.71. The number of carbonyl (C=O) groups is 1. The summed E-state index contributed by atoms with van der Waals surface area (Å²) in [6.45, 7) is 0.324. The number of ether oxygens (including phenoxy) is 1. The molecule has 0 radical (unpaired) electrons. The Labute approximate surface area is 154 Å². The second-order valence-electron chi connectivity index (χ2n) is 5.07. The van der Waals surface area contributed by atoms with E-state index >= 15 is 0 Å². The van der Waals surface area contributed by atoms with E-state index < -0.39 is 0 Å². The Morgan fingerprint density at radius 1 is 1.16 bits per heavy atom. The molecule has 8 heteroatoms. The lowest BCUT2D eigenvalue weighted by Crippen LogP contribution is -2.18. The zero-order valence-corrected chi connectivity index (χ0v) is 14.6. The van der Waals surface area contributed by atoms with Crippen LogP contribution in [0.1, 0.15) is 18.4 Å². The molecule has 2 aromatic carbocycles. The summed E-state index contributed by atoms with van der Waals surface area (Å²) in [5, 5.41) is 23.3. The zero-order chi connectivity index (χ0) is 18.2. The smallest absolute Gasteiger partial charge is 0.240 e. The second-order valence-corrected chi connectivity index (χ2v) is 5.91. The maximum absolute atomic E-state index is 11.7. The quantitative estimate of drug-likeness (QED) is 0.294. The van der Waals surface area contributed by atoms with Gasteiger partial charge >= 0.3 is 0 Å². The molecule has 2 aromatic rings. The summed E-state index contributed by atoms with van der Waals surface area (Å²) in [7, 11) is 0. The molecular weight excluding hydrogens is 367 g/mol. The third-order valence-electron chi connectivity index (χ3n) is 3.10. The molecular formula is C17H16Cl2N2O4. The lowest BCUT2D eigenvalue weighted by Gasteiger charge is -2.07. The molecule has 0 saturated carbocycles. The van der Waals surface area contributed by atoms with Crippen LogP contribution in [0.15, 0.2) is 41.5 Å².